The maximum Gasteiger partial charge on any atom is 0.271 e. The van der Waals surface area contributed by atoms with Gasteiger partial charge in [0.05, 0.1) is 10.6 Å². The lowest BCUT2D eigenvalue weighted by Gasteiger charge is -2.31. The molecule has 3 rings (SSSR count). The normalized spacial score (nSPS) is 14.6. The quantitative estimate of drug-likeness (QED) is 0.641. The molecule has 28 heavy (non-hydrogen) atoms. The number of nitrogens with one attached hydrogen (secondary N) is 1. The van der Waals surface area contributed by atoms with Gasteiger partial charge in [0.1, 0.15) is 11.6 Å². The molecule has 2 amide bonds. The molecule has 7 nitrogen and oxygen atoms in total. The van der Waals surface area contributed by atoms with Crippen LogP contribution in [0, 0.1) is 27.7 Å². The maximum atomic E-state index is 13.8. The third kappa shape index (κ3) is 4.30. The van der Waals surface area contributed by atoms with Crippen LogP contribution in [-0.4, -0.2) is 34.7 Å². The van der Waals surface area contributed by atoms with E-state index < -0.39 is 28.4 Å². The highest BCUT2D eigenvalue weighted by Gasteiger charge is 2.28. The molecule has 1 fully saturated rings. The van der Waals surface area contributed by atoms with Crippen LogP contribution in [0.4, 0.5) is 20.2 Å². The summed E-state index contributed by atoms with van der Waals surface area (Å²) >= 11 is 0. The number of likely N-dealkylation sites (tertiary alicyclic amines) is 1. The molecule has 1 aliphatic heterocycles. The van der Waals surface area contributed by atoms with E-state index in [1.807, 2.05) is 0 Å². The number of carbonyl (C=O) groups is 2. The van der Waals surface area contributed by atoms with Gasteiger partial charge in [0, 0.05) is 36.7 Å². The molecule has 1 saturated heterocycles. The zero-order chi connectivity index (χ0) is 20.3. The number of nitrogens with zero attached hydrogens (tertiary/aromatic N) is 2. The summed E-state index contributed by atoms with van der Waals surface area (Å²) in [6.07, 6.45) is 0.701. The van der Waals surface area contributed by atoms with Crippen LogP contribution in [0.3, 0.4) is 0 Å². The average Bonchev–Trinajstić information content (AvgIpc) is 2.69. The number of halogens is 2. The summed E-state index contributed by atoms with van der Waals surface area (Å²) in [6, 6.07) is 8.30. The lowest BCUT2D eigenvalue weighted by Crippen LogP contribution is -2.41. The van der Waals surface area contributed by atoms with Gasteiger partial charge in [-0.05, 0) is 37.1 Å². The van der Waals surface area contributed by atoms with Gasteiger partial charge in [0.25, 0.3) is 11.6 Å². The molecule has 0 atom stereocenters. The molecule has 146 valence electrons. The Morgan fingerprint density at radius 3 is 2.46 bits per heavy atom. The Morgan fingerprint density at radius 1 is 1.11 bits per heavy atom. The van der Waals surface area contributed by atoms with Gasteiger partial charge in [-0.25, -0.2) is 8.78 Å². The van der Waals surface area contributed by atoms with Gasteiger partial charge >= 0.3 is 0 Å². The molecular formula is C19H17F2N3O4. The first-order valence-electron chi connectivity index (χ1n) is 8.65. The zero-order valence-electron chi connectivity index (χ0n) is 14.7. The molecule has 0 aliphatic carbocycles. The number of hydrogen-bond donors (Lipinski definition) is 1. The van der Waals surface area contributed by atoms with E-state index in [1.165, 1.54) is 23.1 Å². The second-order valence-electron chi connectivity index (χ2n) is 6.49. The van der Waals surface area contributed by atoms with E-state index >= 15 is 0 Å². The summed E-state index contributed by atoms with van der Waals surface area (Å²) in [7, 11) is 0. The van der Waals surface area contributed by atoms with Crippen LogP contribution in [0.1, 0.15) is 23.2 Å². The molecule has 0 unspecified atom stereocenters. The van der Waals surface area contributed by atoms with Crippen molar-refractivity contribution in [1.82, 2.24) is 4.90 Å². The molecule has 1 aliphatic rings. The smallest absolute Gasteiger partial charge is 0.271 e. The predicted octanol–water partition coefficient (Wildman–Crippen LogP) is 3.36. The van der Waals surface area contributed by atoms with Crippen molar-refractivity contribution in [2.24, 2.45) is 5.92 Å². The second kappa shape index (κ2) is 8.12. The largest absolute Gasteiger partial charge is 0.339 e. The van der Waals surface area contributed by atoms with Crippen molar-refractivity contribution in [3.63, 3.8) is 0 Å². The van der Waals surface area contributed by atoms with Gasteiger partial charge < -0.3 is 10.2 Å². The summed E-state index contributed by atoms with van der Waals surface area (Å²) in [4.78, 5) is 36.5. The van der Waals surface area contributed by atoms with E-state index in [0.29, 0.717) is 25.9 Å². The fourth-order valence-electron chi connectivity index (χ4n) is 3.11. The van der Waals surface area contributed by atoms with E-state index in [4.69, 9.17) is 0 Å². The summed E-state index contributed by atoms with van der Waals surface area (Å²) in [6.45, 7) is 0.593. The lowest BCUT2D eigenvalue weighted by molar-refractivity contribution is -0.384. The third-order valence-corrected chi connectivity index (χ3v) is 4.64. The molecule has 1 N–H and O–H groups in total. The molecule has 1 heterocycles. The fourth-order valence-corrected chi connectivity index (χ4v) is 3.11. The Morgan fingerprint density at radius 2 is 1.82 bits per heavy atom. The molecule has 0 bridgehead atoms. The van der Waals surface area contributed by atoms with Crippen molar-refractivity contribution in [3.8, 4) is 0 Å². The Balaban J connectivity index is 1.60. The second-order valence-corrected chi connectivity index (χ2v) is 6.49. The first kappa shape index (κ1) is 19.4. The highest BCUT2D eigenvalue weighted by Crippen LogP contribution is 2.25. The third-order valence-electron chi connectivity index (χ3n) is 4.64. The molecule has 2 aromatic rings. The van der Waals surface area contributed by atoms with Crippen molar-refractivity contribution in [1.29, 1.82) is 0 Å². The number of nitro benzene ring substituents is 1. The van der Waals surface area contributed by atoms with Crippen LogP contribution in [-0.2, 0) is 4.79 Å². The van der Waals surface area contributed by atoms with E-state index in [0.717, 1.165) is 24.3 Å². The number of benzene rings is 2. The minimum absolute atomic E-state index is 0.238. The Kier molecular flexibility index (Phi) is 5.62. The Labute approximate surface area is 159 Å². The van der Waals surface area contributed by atoms with Crippen molar-refractivity contribution in [2.45, 2.75) is 12.8 Å². The minimum atomic E-state index is -0.766. The van der Waals surface area contributed by atoms with Crippen LogP contribution in [0.5, 0.6) is 0 Å². The van der Waals surface area contributed by atoms with Crippen LogP contribution >= 0.6 is 0 Å². The average molecular weight is 389 g/mol. The number of amides is 2. The molecule has 2 aromatic carbocycles. The van der Waals surface area contributed by atoms with Crippen LogP contribution < -0.4 is 5.32 Å². The summed E-state index contributed by atoms with van der Waals surface area (Å²) in [5, 5.41) is 13.2. The molecular weight excluding hydrogens is 372 g/mol. The van der Waals surface area contributed by atoms with Crippen molar-refractivity contribution in [2.75, 3.05) is 18.4 Å². The maximum absolute atomic E-state index is 13.8. The predicted molar refractivity (Wildman–Crippen MR) is 96.7 cm³/mol. The molecule has 0 spiro atoms. The van der Waals surface area contributed by atoms with Crippen LogP contribution in [0.25, 0.3) is 0 Å². The molecule has 0 radical (unpaired) electrons. The first-order chi connectivity index (χ1) is 13.3. The van der Waals surface area contributed by atoms with Crippen LogP contribution in [0.2, 0.25) is 0 Å². The highest BCUT2D eigenvalue weighted by molar-refractivity contribution is 5.95. The summed E-state index contributed by atoms with van der Waals surface area (Å²) < 4.78 is 27.1. The molecule has 9 heteroatoms. The van der Waals surface area contributed by atoms with E-state index in [-0.39, 0.29) is 22.8 Å². The van der Waals surface area contributed by atoms with E-state index in [1.54, 1.807) is 0 Å². The SMILES string of the molecule is O=C(Nc1cc([N+](=O)[O-])ccc1F)C1CCN(C(=O)c2cccc(F)c2)CC1. The number of hydrogen-bond acceptors (Lipinski definition) is 4. The number of piperidine rings is 1. The Hall–Kier alpha value is -3.36. The number of carbonyl (C=O) groups excluding carboxylic acids is 2. The topological polar surface area (TPSA) is 92.5 Å². The van der Waals surface area contributed by atoms with Gasteiger partial charge in [0.15, 0.2) is 0 Å². The zero-order valence-corrected chi connectivity index (χ0v) is 14.7. The molecule has 0 aromatic heterocycles. The lowest BCUT2D eigenvalue weighted by atomic mass is 9.95. The minimum Gasteiger partial charge on any atom is -0.339 e. The fraction of sp³-hybridized carbons (Fsp3) is 0.263. The van der Waals surface area contributed by atoms with Crippen molar-refractivity contribution < 1.29 is 23.3 Å². The van der Waals surface area contributed by atoms with Gasteiger partial charge in [-0.2, -0.15) is 0 Å². The monoisotopic (exact) mass is 389 g/mol. The Bertz CT molecular complexity index is 927. The van der Waals surface area contributed by atoms with E-state index in [9.17, 15) is 28.5 Å². The number of non-ortho nitro benzene ring substituents is 1. The van der Waals surface area contributed by atoms with Gasteiger partial charge in [-0.1, -0.05) is 6.07 Å². The van der Waals surface area contributed by atoms with Gasteiger partial charge in [0.2, 0.25) is 5.91 Å². The van der Waals surface area contributed by atoms with Gasteiger partial charge in [-0.3, -0.25) is 19.7 Å². The van der Waals surface area contributed by atoms with E-state index in [2.05, 4.69) is 5.32 Å². The number of rotatable bonds is 4. The summed E-state index contributed by atoms with van der Waals surface area (Å²) in [5.74, 6) is -2.51. The number of anilines is 1. The standard InChI is InChI=1S/C19H17F2N3O4/c20-14-3-1-2-13(10-14)19(26)23-8-6-12(7-9-23)18(25)22-17-11-15(24(27)28)4-5-16(17)21/h1-5,10-12H,6-9H2,(H,22,25). The van der Waals surface area contributed by atoms with Crippen molar-refractivity contribution >= 4 is 23.2 Å². The highest BCUT2D eigenvalue weighted by atomic mass is 19.1. The van der Waals surface area contributed by atoms with Gasteiger partial charge in [-0.15, -0.1) is 0 Å². The van der Waals surface area contributed by atoms with Crippen molar-refractivity contribution in [3.05, 3.63) is 69.8 Å². The first-order valence-corrected chi connectivity index (χ1v) is 8.65. The number of nitro groups is 1. The molecule has 0 saturated carbocycles. The van der Waals surface area contributed by atoms with Crippen LogP contribution in [0.15, 0.2) is 42.5 Å². The summed E-state index contributed by atoms with van der Waals surface area (Å²) in [5.41, 5.74) is -0.341.